The summed E-state index contributed by atoms with van der Waals surface area (Å²) >= 11 is 0. The minimum absolute atomic E-state index is 0.268. The smallest absolute Gasteiger partial charge is 0.123 e. The Labute approximate surface area is 189 Å². The molecule has 1 heterocycles. The lowest BCUT2D eigenvalue weighted by molar-refractivity contribution is 0.628. The minimum Gasteiger partial charge on any atom is -0.347 e. The van der Waals surface area contributed by atoms with Crippen molar-refractivity contribution < 1.29 is 4.39 Å². The quantitative estimate of drug-likeness (QED) is 0.367. The summed E-state index contributed by atoms with van der Waals surface area (Å²) in [5, 5.41) is 9.60. The lowest BCUT2D eigenvalue weighted by Gasteiger charge is -2.29. The molecule has 160 valence electrons. The number of nitriles is 1. The van der Waals surface area contributed by atoms with E-state index in [1.54, 1.807) is 30.5 Å². The van der Waals surface area contributed by atoms with Crippen LogP contribution >= 0.6 is 0 Å². The predicted molar refractivity (Wildman–Crippen MR) is 130 cm³/mol. The molecule has 2 aromatic rings. The van der Waals surface area contributed by atoms with Gasteiger partial charge in [0, 0.05) is 30.2 Å². The zero-order valence-electron chi connectivity index (χ0n) is 18.5. The van der Waals surface area contributed by atoms with Crippen LogP contribution in [0.3, 0.4) is 0 Å². The first-order valence-corrected chi connectivity index (χ1v) is 10.4. The summed E-state index contributed by atoms with van der Waals surface area (Å²) in [5.74, 6) is -0.268. The first-order valence-electron chi connectivity index (χ1n) is 10.4. The van der Waals surface area contributed by atoms with Crippen LogP contribution in [-0.4, -0.2) is 12.0 Å². The summed E-state index contributed by atoms with van der Waals surface area (Å²) in [6.45, 7) is 9.69. The molecule has 1 aromatic carbocycles. The van der Waals surface area contributed by atoms with Gasteiger partial charge in [-0.15, -0.1) is 0 Å². The van der Waals surface area contributed by atoms with Crippen LogP contribution in [0.2, 0.25) is 0 Å². The molecule has 0 fully saturated rings. The Hall–Kier alpha value is -3.97. The normalized spacial score (nSPS) is 14.5. The van der Waals surface area contributed by atoms with Crippen molar-refractivity contribution >= 4 is 11.3 Å². The van der Waals surface area contributed by atoms with E-state index in [1.165, 1.54) is 17.7 Å². The van der Waals surface area contributed by atoms with Crippen LogP contribution in [0, 0.1) is 17.1 Å². The van der Waals surface area contributed by atoms with E-state index in [1.807, 2.05) is 38.3 Å². The van der Waals surface area contributed by atoms with E-state index in [-0.39, 0.29) is 5.82 Å². The first-order chi connectivity index (χ1) is 15.5. The Morgan fingerprint density at radius 2 is 1.91 bits per heavy atom. The SMILES string of the molecule is C=C/C(C#N)=C(\C=C/C)C(/C=C)=C/C1=C(N(C)c2ccc(F)cc2)CCc2cccnc21. The van der Waals surface area contributed by atoms with Gasteiger partial charge in [-0.2, -0.15) is 5.26 Å². The van der Waals surface area contributed by atoms with Crippen LogP contribution in [-0.2, 0) is 6.42 Å². The molecular weight excluding hydrogens is 397 g/mol. The maximum atomic E-state index is 13.5. The molecule has 0 aliphatic heterocycles. The van der Waals surface area contributed by atoms with Crippen molar-refractivity contribution in [2.45, 2.75) is 19.8 Å². The fraction of sp³-hybridized carbons (Fsp3) is 0.143. The summed E-state index contributed by atoms with van der Waals surface area (Å²) in [7, 11) is 1.98. The molecule has 1 aliphatic rings. The molecule has 0 saturated heterocycles. The lowest BCUT2D eigenvalue weighted by Crippen LogP contribution is -2.22. The van der Waals surface area contributed by atoms with Gasteiger partial charge in [-0.25, -0.2) is 4.39 Å². The average molecular weight is 424 g/mol. The number of hydrogen-bond donors (Lipinski definition) is 0. The molecule has 0 saturated carbocycles. The van der Waals surface area contributed by atoms with Crippen LogP contribution in [0.4, 0.5) is 10.1 Å². The van der Waals surface area contributed by atoms with Gasteiger partial charge in [0.1, 0.15) is 5.82 Å². The third kappa shape index (κ3) is 4.68. The minimum atomic E-state index is -0.268. The van der Waals surface area contributed by atoms with E-state index in [0.29, 0.717) is 5.57 Å². The van der Waals surface area contributed by atoms with Gasteiger partial charge >= 0.3 is 0 Å². The van der Waals surface area contributed by atoms with Gasteiger partial charge in [-0.1, -0.05) is 43.5 Å². The number of benzene rings is 1. The van der Waals surface area contributed by atoms with Crippen LogP contribution in [0.5, 0.6) is 0 Å². The van der Waals surface area contributed by atoms with Gasteiger partial charge in [0.2, 0.25) is 0 Å². The fourth-order valence-corrected chi connectivity index (χ4v) is 3.85. The molecule has 4 heteroatoms. The standard InChI is InChI=1S/C28H26FN3/c1-5-9-25(21(7-3)19-30)20(6-2)18-26-27(16-11-22-10-8-17-31-28(22)26)32(4)24-14-12-23(29)13-15-24/h5-10,12-15,17-18H,2-3,11,16H2,1,4H3/b9-5-,20-18+,25-21-. The Kier molecular flexibility index (Phi) is 7.36. The zero-order chi connectivity index (χ0) is 23.1. The van der Waals surface area contributed by atoms with E-state index in [2.05, 4.69) is 35.2 Å². The Balaban J connectivity index is 2.27. The van der Waals surface area contributed by atoms with Crippen molar-refractivity contribution in [2.24, 2.45) is 0 Å². The topological polar surface area (TPSA) is 39.9 Å². The van der Waals surface area contributed by atoms with Gasteiger partial charge in [-0.05, 0) is 72.9 Å². The van der Waals surface area contributed by atoms with Crippen molar-refractivity contribution in [1.29, 1.82) is 5.26 Å². The molecule has 0 radical (unpaired) electrons. The third-order valence-electron chi connectivity index (χ3n) is 5.49. The predicted octanol–water partition coefficient (Wildman–Crippen LogP) is 6.71. The molecule has 0 spiro atoms. The summed E-state index contributed by atoms with van der Waals surface area (Å²) in [6.07, 6.45) is 12.6. The Bertz CT molecular complexity index is 1190. The van der Waals surface area contributed by atoms with E-state index in [9.17, 15) is 9.65 Å². The molecule has 32 heavy (non-hydrogen) atoms. The molecule has 3 rings (SSSR count). The van der Waals surface area contributed by atoms with E-state index >= 15 is 0 Å². The third-order valence-corrected chi connectivity index (χ3v) is 5.49. The highest BCUT2D eigenvalue weighted by Crippen LogP contribution is 2.36. The maximum Gasteiger partial charge on any atom is 0.123 e. The van der Waals surface area contributed by atoms with E-state index in [4.69, 9.17) is 0 Å². The molecule has 1 aromatic heterocycles. The molecule has 1 aliphatic carbocycles. The number of pyridine rings is 1. The van der Waals surface area contributed by atoms with Crippen molar-refractivity contribution in [3.8, 4) is 6.07 Å². The van der Waals surface area contributed by atoms with E-state index < -0.39 is 0 Å². The number of anilines is 1. The van der Waals surface area contributed by atoms with Gasteiger partial charge < -0.3 is 4.90 Å². The lowest BCUT2D eigenvalue weighted by atomic mass is 9.88. The van der Waals surface area contributed by atoms with Crippen molar-refractivity contribution in [3.63, 3.8) is 0 Å². The molecule has 0 amide bonds. The highest BCUT2D eigenvalue weighted by molar-refractivity contribution is 5.83. The molecule has 3 nitrogen and oxygen atoms in total. The zero-order valence-corrected chi connectivity index (χ0v) is 18.5. The number of hydrogen-bond acceptors (Lipinski definition) is 3. The molecule has 0 bridgehead atoms. The monoisotopic (exact) mass is 423 g/mol. The molecule has 0 unspecified atom stereocenters. The van der Waals surface area contributed by atoms with Crippen molar-refractivity contribution in [1.82, 2.24) is 4.98 Å². The van der Waals surface area contributed by atoms with Crippen molar-refractivity contribution in [3.05, 3.63) is 126 Å². The average Bonchev–Trinajstić information content (AvgIpc) is 2.82. The van der Waals surface area contributed by atoms with Gasteiger partial charge in [0.25, 0.3) is 0 Å². The van der Waals surface area contributed by atoms with Crippen molar-refractivity contribution in [2.75, 3.05) is 11.9 Å². The highest BCUT2D eigenvalue weighted by atomic mass is 19.1. The van der Waals surface area contributed by atoms with Crippen LogP contribution in [0.25, 0.3) is 5.57 Å². The van der Waals surface area contributed by atoms with Crippen LogP contribution in [0.15, 0.2) is 109 Å². The van der Waals surface area contributed by atoms with Gasteiger partial charge in [-0.3, -0.25) is 4.98 Å². The first kappa shape index (κ1) is 22.7. The Morgan fingerprint density at radius 3 is 2.53 bits per heavy atom. The van der Waals surface area contributed by atoms with Gasteiger partial charge in [0.15, 0.2) is 0 Å². The second kappa shape index (κ2) is 10.4. The van der Waals surface area contributed by atoms with Gasteiger partial charge in [0.05, 0.1) is 17.3 Å². The summed E-state index contributed by atoms with van der Waals surface area (Å²) < 4.78 is 13.5. The molecule has 0 N–H and O–H groups in total. The molecule has 0 atom stereocenters. The maximum absolute atomic E-state index is 13.5. The second-order valence-corrected chi connectivity index (χ2v) is 7.35. The number of aromatic nitrogens is 1. The summed E-state index contributed by atoms with van der Waals surface area (Å²) in [5.41, 5.74) is 7.01. The summed E-state index contributed by atoms with van der Waals surface area (Å²) in [6, 6.07) is 12.7. The molecular formula is C28H26FN3. The second-order valence-electron chi connectivity index (χ2n) is 7.35. The number of rotatable bonds is 7. The largest absolute Gasteiger partial charge is 0.347 e. The van der Waals surface area contributed by atoms with E-state index in [0.717, 1.165) is 46.6 Å². The Morgan fingerprint density at radius 1 is 1.16 bits per heavy atom. The number of fused-ring (bicyclic) bond motifs is 1. The number of nitrogens with zero attached hydrogens (tertiary/aromatic N) is 3. The number of aryl methyl sites for hydroxylation is 1. The number of halogens is 1. The fourth-order valence-electron chi connectivity index (χ4n) is 3.85. The van der Waals surface area contributed by atoms with Crippen LogP contribution < -0.4 is 4.90 Å². The highest BCUT2D eigenvalue weighted by Gasteiger charge is 2.22. The summed E-state index contributed by atoms with van der Waals surface area (Å²) in [4.78, 5) is 6.75. The van der Waals surface area contributed by atoms with Crippen LogP contribution in [0.1, 0.15) is 24.6 Å². The number of allylic oxidation sites excluding steroid dienone is 10.